The summed E-state index contributed by atoms with van der Waals surface area (Å²) in [7, 11) is 0. The van der Waals surface area contributed by atoms with Crippen LogP contribution in [0.3, 0.4) is 0 Å². The number of nitrogens with one attached hydrogen (secondary N) is 1. The lowest BCUT2D eigenvalue weighted by molar-refractivity contribution is 0.0907. The number of carbonyl (C=O) groups is 1. The van der Waals surface area contributed by atoms with Gasteiger partial charge < -0.3 is 14.5 Å². The fourth-order valence-corrected chi connectivity index (χ4v) is 2.59. The fourth-order valence-electron chi connectivity index (χ4n) is 2.39. The second-order valence-electron chi connectivity index (χ2n) is 5.76. The first-order valence-corrected chi connectivity index (χ1v) is 8.42. The summed E-state index contributed by atoms with van der Waals surface area (Å²) in [6, 6.07) is 16.0. The van der Waals surface area contributed by atoms with E-state index in [0.29, 0.717) is 16.5 Å². The van der Waals surface area contributed by atoms with E-state index in [9.17, 15) is 9.18 Å². The summed E-state index contributed by atoms with van der Waals surface area (Å²) >= 11 is 5.97. The van der Waals surface area contributed by atoms with Crippen LogP contribution in [0.2, 0.25) is 5.02 Å². The summed E-state index contributed by atoms with van der Waals surface area (Å²) in [5.41, 5.74) is 0.900. The zero-order chi connectivity index (χ0) is 18.5. The zero-order valence-corrected chi connectivity index (χ0v) is 14.8. The van der Waals surface area contributed by atoms with Crippen LogP contribution in [0.1, 0.15) is 34.8 Å². The van der Waals surface area contributed by atoms with Crippen LogP contribution < -0.4 is 10.1 Å². The molecule has 1 heterocycles. The summed E-state index contributed by atoms with van der Waals surface area (Å²) in [5, 5.41) is 3.47. The summed E-state index contributed by atoms with van der Waals surface area (Å²) in [6.07, 6.45) is 0. The number of ether oxygens (including phenoxy) is 1. The second-order valence-corrected chi connectivity index (χ2v) is 6.20. The highest BCUT2D eigenvalue weighted by molar-refractivity contribution is 6.30. The molecule has 0 fully saturated rings. The van der Waals surface area contributed by atoms with Gasteiger partial charge in [0.2, 0.25) is 0 Å². The minimum atomic E-state index is -0.330. The van der Waals surface area contributed by atoms with Crippen LogP contribution in [0.15, 0.2) is 65.1 Å². The molecule has 3 rings (SSSR count). The third-order valence-corrected chi connectivity index (χ3v) is 4.01. The molecule has 1 amide bonds. The van der Waals surface area contributed by atoms with Gasteiger partial charge in [-0.2, -0.15) is 0 Å². The normalized spacial score (nSPS) is 11.8. The van der Waals surface area contributed by atoms with Crippen LogP contribution in [0.25, 0.3) is 0 Å². The minimum Gasteiger partial charge on any atom is -0.486 e. The van der Waals surface area contributed by atoms with Gasteiger partial charge in [-0.15, -0.1) is 0 Å². The number of benzene rings is 2. The molecule has 0 saturated carbocycles. The van der Waals surface area contributed by atoms with Crippen LogP contribution in [0, 0.1) is 5.82 Å². The molecule has 26 heavy (non-hydrogen) atoms. The number of hydrogen-bond donors (Lipinski definition) is 1. The van der Waals surface area contributed by atoms with Crippen molar-refractivity contribution < 1.29 is 18.3 Å². The van der Waals surface area contributed by atoms with E-state index in [1.807, 2.05) is 19.1 Å². The molecule has 1 atom stereocenters. The van der Waals surface area contributed by atoms with E-state index in [1.54, 1.807) is 24.3 Å². The van der Waals surface area contributed by atoms with Crippen molar-refractivity contribution in [3.63, 3.8) is 0 Å². The molecule has 0 bridgehead atoms. The van der Waals surface area contributed by atoms with Gasteiger partial charge in [0.15, 0.2) is 5.76 Å². The van der Waals surface area contributed by atoms with E-state index < -0.39 is 0 Å². The Balaban J connectivity index is 1.58. The Hall–Kier alpha value is -2.79. The molecule has 2 aromatic carbocycles. The molecule has 4 nitrogen and oxygen atoms in total. The van der Waals surface area contributed by atoms with E-state index in [0.717, 1.165) is 5.56 Å². The van der Waals surface area contributed by atoms with Crippen molar-refractivity contribution in [2.45, 2.75) is 19.6 Å². The number of amides is 1. The van der Waals surface area contributed by atoms with Crippen LogP contribution in [0.5, 0.6) is 5.75 Å². The smallest absolute Gasteiger partial charge is 0.287 e. The molecule has 0 radical (unpaired) electrons. The Morgan fingerprint density at radius 1 is 1.19 bits per heavy atom. The van der Waals surface area contributed by atoms with Gasteiger partial charge >= 0.3 is 0 Å². The highest BCUT2D eigenvalue weighted by Gasteiger charge is 2.15. The van der Waals surface area contributed by atoms with Crippen molar-refractivity contribution in [3.05, 3.63) is 88.6 Å². The first-order valence-electron chi connectivity index (χ1n) is 8.04. The molecule has 0 spiro atoms. The molecule has 6 heteroatoms. The quantitative estimate of drug-likeness (QED) is 0.650. The standard InChI is InChI=1S/C20H17ClFNO3/c1-13(14-3-2-4-15(21)11-14)23-20(24)19-10-9-18(26-19)12-25-17-7-5-16(22)6-8-17/h2-11,13H,12H2,1H3,(H,23,24). The summed E-state index contributed by atoms with van der Waals surface area (Å²) in [5.74, 6) is 0.545. The largest absolute Gasteiger partial charge is 0.486 e. The highest BCUT2D eigenvalue weighted by Crippen LogP contribution is 2.19. The summed E-state index contributed by atoms with van der Waals surface area (Å²) in [6.45, 7) is 2.01. The predicted octanol–water partition coefficient (Wildman–Crippen LogP) is 5.14. The summed E-state index contributed by atoms with van der Waals surface area (Å²) < 4.78 is 23.9. The minimum absolute atomic E-state index is 0.142. The maximum absolute atomic E-state index is 12.9. The number of halogens is 2. The van der Waals surface area contributed by atoms with Crippen LogP contribution >= 0.6 is 11.6 Å². The molecular weight excluding hydrogens is 357 g/mol. The number of carbonyl (C=O) groups excluding carboxylic acids is 1. The maximum Gasteiger partial charge on any atom is 0.287 e. The molecular formula is C20H17ClFNO3. The van der Waals surface area contributed by atoms with Gasteiger partial charge in [-0.25, -0.2) is 4.39 Å². The highest BCUT2D eigenvalue weighted by atomic mass is 35.5. The first-order chi connectivity index (χ1) is 12.5. The third-order valence-electron chi connectivity index (χ3n) is 3.78. The van der Waals surface area contributed by atoms with Crippen molar-refractivity contribution in [1.29, 1.82) is 0 Å². The maximum atomic E-state index is 12.9. The van der Waals surface area contributed by atoms with Gasteiger partial charge in [0, 0.05) is 5.02 Å². The van der Waals surface area contributed by atoms with E-state index >= 15 is 0 Å². The second kappa shape index (κ2) is 8.06. The number of rotatable bonds is 6. The van der Waals surface area contributed by atoms with Gasteiger partial charge in [-0.1, -0.05) is 23.7 Å². The van der Waals surface area contributed by atoms with Crippen molar-refractivity contribution in [1.82, 2.24) is 5.32 Å². The molecule has 1 aromatic heterocycles. The monoisotopic (exact) mass is 373 g/mol. The zero-order valence-electron chi connectivity index (χ0n) is 14.0. The Bertz CT molecular complexity index is 892. The van der Waals surface area contributed by atoms with Crippen LogP contribution in [-0.4, -0.2) is 5.91 Å². The van der Waals surface area contributed by atoms with Crippen molar-refractivity contribution in [3.8, 4) is 5.75 Å². The van der Waals surface area contributed by atoms with Gasteiger partial charge in [-0.3, -0.25) is 4.79 Å². The molecule has 1 N–H and O–H groups in total. The van der Waals surface area contributed by atoms with E-state index in [2.05, 4.69) is 5.32 Å². The van der Waals surface area contributed by atoms with Gasteiger partial charge in [0.25, 0.3) is 5.91 Å². The Kier molecular flexibility index (Phi) is 5.58. The Morgan fingerprint density at radius 2 is 1.96 bits per heavy atom. The third kappa shape index (κ3) is 4.64. The molecule has 134 valence electrons. The summed E-state index contributed by atoms with van der Waals surface area (Å²) in [4.78, 5) is 12.3. The van der Waals surface area contributed by atoms with Crippen molar-refractivity contribution in [2.75, 3.05) is 0 Å². The SMILES string of the molecule is CC(NC(=O)c1ccc(COc2ccc(F)cc2)o1)c1cccc(Cl)c1. The van der Waals surface area contributed by atoms with Crippen LogP contribution in [-0.2, 0) is 6.61 Å². The fraction of sp³-hybridized carbons (Fsp3) is 0.150. The Morgan fingerprint density at radius 3 is 2.69 bits per heavy atom. The van der Waals surface area contributed by atoms with E-state index in [4.69, 9.17) is 20.8 Å². The van der Waals surface area contributed by atoms with Crippen molar-refractivity contribution >= 4 is 17.5 Å². The van der Waals surface area contributed by atoms with Gasteiger partial charge in [0.1, 0.15) is 23.9 Å². The molecule has 0 aliphatic heterocycles. The number of hydrogen-bond acceptors (Lipinski definition) is 3. The van der Waals surface area contributed by atoms with Crippen molar-refractivity contribution in [2.24, 2.45) is 0 Å². The molecule has 0 saturated heterocycles. The first kappa shape index (κ1) is 18.0. The lowest BCUT2D eigenvalue weighted by atomic mass is 10.1. The number of furan rings is 1. The molecule has 0 aliphatic carbocycles. The predicted molar refractivity (Wildman–Crippen MR) is 96.8 cm³/mol. The molecule has 1 unspecified atom stereocenters. The van der Waals surface area contributed by atoms with E-state index in [-0.39, 0.29) is 30.1 Å². The lowest BCUT2D eigenvalue weighted by Crippen LogP contribution is -2.26. The lowest BCUT2D eigenvalue weighted by Gasteiger charge is -2.13. The topological polar surface area (TPSA) is 51.5 Å². The van der Waals surface area contributed by atoms with Gasteiger partial charge in [-0.05, 0) is 61.0 Å². The van der Waals surface area contributed by atoms with Gasteiger partial charge in [0.05, 0.1) is 6.04 Å². The average molecular weight is 374 g/mol. The average Bonchev–Trinajstić information content (AvgIpc) is 3.10. The van der Waals surface area contributed by atoms with Crippen LogP contribution in [0.4, 0.5) is 4.39 Å². The molecule has 0 aliphatic rings. The van der Waals surface area contributed by atoms with E-state index in [1.165, 1.54) is 24.3 Å². The Labute approximate surface area is 155 Å². The molecule has 3 aromatic rings.